The van der Waals surface area contributed by atoms with Gasteiger partial charge >= 0.3 is 0 Å². The Kier molecular flexibility index (Phi) is 11.6. The Hall–Kier alpha value is -3.09. The van der Waals surface area contributed by atoms with Crippen LogP contribution in [0.5, 0.6) is 0 Å². The number of hydrogen-bond donors (Lipinski definition) is 1. The molecule has 1 aliphatic carbocycles. The first-order chi connectivity index (χ1) is 21.4. The molecule has 5 rings (SSSR count). The summed E-state index contributed by atoms with van der Waals surface area (Å²) >= 11 is 1.92. The van der Waals surface area contributed by atoms with Gasteiger partial charge in [0.1, 0.15) is 5.69 Å². The van der Waals surface area contributed by atoms with E-state index in [2.05, 4.69) is 122 Å². The van der Waals surface area contributed by atoms with E-state index in [-0.39, 0.29) is 12.1 Å². The number of oxazole rings is 1. The smallest absolute Gasteiger partial charge is 0.217 e. The van der Waals surface area contributed by atoms with E-state index in [4.69, 9.17) is 9.40 Å². The minimum absolute atomic E-state index is 0.193. The minimum Gasteiger partial charge on any atom is -0.423 e. The Balaban J connectivity index is 1.31. The molecule has 0 bridgehead atoms. The predicted molar refractivity (Wildman–Crippen MR) is 187 cm³/mol. The van der Waals surface area contributed by atoms with Crippen molar-refractivity contribution in [3.05, 3.63) is 99.7 Å². The molecule has 1 fully saturated rings. The van der Waals surface area contributed by atoms with Crippen LogP contribution in [0.1, 0.15) is 86.5 Å². The van der Waals surface area contributed by atoms with Gasteiger partial charge in [-0.15, -0.1) is 11.3 Å². The van der Waals surface area contributed by atoms with E-state index in [1.165, 1.54) is 48.9 Å². The van der Waals surface area contributed by atoms with Crippen molar-refractivity contribution < 1.29 is 4.42 Å². The van der Waals surface area contributed by atoms with Crippen molar-refractivity contribution >= 4 is 22.9 Å². The van der Waals surface area contributed by atoms with Gasteiger partial charge in [-0.3, -0.25) is 4.90 Å². The first-order valence-electron chi connectivity index (χ1n) is 16.7. The molecule has 2 atom stereocenters. The minimum atomic E-state index is 0.193. The molecule has 0 aliphatic heterocycles. The standard InChI is InChI=1S/C38H52N4OS/c1-6-42(7-2)35(26-31-18-20-32(21-19-31)27-36-34(41(4)5)22-23-44-36)38-40-33(25-30-16-12-9-13-17-30)37(43-38)39-28(3)24-29-14-10-8-11-15-29/h8-17,22-23,28,31-32,35,39H,6-7,18-21,24-27H2,1-5H3. The van der Waals surface area contributed by atoms with Gasteiger partial charge in [-0.25, -0.2) is 4.98 Å². The molecule has 1 saturated carbocycles. The second-order valence-electron chi connectivity index (χ2n) is 12.9. The van der Waals surface area contributed by atoms with Crippen LogP contribution >= 0.6 is 11.3 Å². The molecular formula is C38H52N4OS. The SMILES string of the molecule is CCN(CC)C(CC1CCC(Cc2sccc2N(C)C)CC1)c1nc(Cc2ccccc2)c(NC(C)Cc2ccccc2)o1. The summed E-state index contributed by atoms with van der Waals surface area (Å²) in [5.74, 6) is 3.20. The molecule has 6 heteroatoms. The lowest BCUT2D eigenvalue weighted by atomic mass is 9.77. The third-order valence-corrected chi connectivity index (χ3v) is 10.4. The van der Waals surface area contributed by atoms with Gasteiger partial charge in [-0.2, -0.15) is 0 Å². The van der Waals surface area contributed by atoms with E-state index in [9.17, 15) is 0 Å². The molecule has 2 aromatic carbocycles. The fourth-order valence-electron chi connectivity index (χ4n) is 6.98. The Morgan fingerprint density at radius 1 is 0.886 bits per heavy atom. The highest BCUT2D eigenvalue weighted by Crippen LogP contribution is 2.40. The highest BCUT2D eigenvalue weighted by Gasteiger charge is 2.31. The molecule has 2 aromatic heterocycles. The molecule has 0 radical (unpaired) electrons. The van der Waals surface area contributed by atoms with Crippen molar-refractivity contribution in [1.29, 1.82) is 0 Å². The van der Waals surface area contributed by atoms with Gasteiger partial charge in [-0.1, -0.05) is 87.4 Å². The highest BCUT2D eigenvalue weighted by atomic mass is 32.1. The summed E-state index contributed by atoms with van der Waals surface area (Å²) < 4.78 is 6.74. The first-order valence-corrected chi connectivity index (χ1v) is 17.6. The van der Waals surface area contributed by atoms with Gasteiger partial charge < -0.3 is 14.6 Å². The third-order valence-electron chi connectivity index (χ3n) is 9.43. The maximum Gasteiger partial charge on any atom is 0.217 e. The summed E-state index contributed by atoms with van der Waals surface area (Å²) in [6.07, 6.45) is 9.25. The number of rotatable bonds is 15. The largest absolute Gasteiger partial charge is 0.423 e. The average molecular weight is 613 g/mol. The van der Waals surface area contributed by atoms with Crippen LogP contribution in [0.3, 0.4) is 0 Å². The maximum absolute atomic E-state index is 6.74. The summed E-state index contributed by atoms with van der Waals surface area (Å²) in [5.41, 5.74) is 4.99. The summed E-state index contributed by atoms with van der Waals surface area (Å²) in [6.45, 7) is 8.76. The number of thiophene rings is 1. The normalized spacial score (nSPS) is 18.3. The number of nitrogens with one attached hydrogen (secondary N) is 1. The lowest BCUT2D eigenvalue weighted by Gasteiger charge is -2.34. The molecule has 5 nitrogen and oxygen atoms in total. The van der Waals surface area contributed by atoms with Crippen LogP contribution in [-0.4, -0.2) is 43.1 Å². The Morgan fingerprint density at radius 3 is 2.16 bits per heavy atom. The highest BCUT2D eigenvalue weighted by molar-refractivity contribution is 7.10. The molecule has 44 heavy (non-hydrogen) atoms. The van der Waals surface area contributed by atoms with Gasteiger partial charge in [0.2, 0.25) is 11.8 Å². The molecule has 236 valence electrons. The number of nitrogens with zero attached hydrogens (tertiary/aromatic N) is 3. The van der Waals surface area contributed by atoms with Crippen LogP contribution in [0, 0.1) is 11.8 Å². The number of hydrogen-bond acceptors (Lipinski definition) is 6. The van der Waals surface area contributed by atoms with Crippen LogP contribution in [0.15, 0.2) is 76.5 Å². The van der Waals surface area contributed by atoms with Crippen molar-refractivity contribution in [2.75, 3.05) is 37.4 Å². The summed E-state index contributed by atoms with van der Waals surface area (Å²) in [4.78, 5) is 11.6. The number of anilines is 2. The van der Waals surface area contributed by atoms with E-state index < -0.39 is 0 Å². The van der Waals surface area contributed by atoms with Crippen molar-refractivity contribution in [3.63, 3.8) is 0 Å². The topological polar surface area (TPSA) is 44.5 Å². The van der Waals surface area contributed by atoms with Crippen LogP contribution in [-0.2, 0) is 19.3 Å². The van der Waals surface area contributed by atoms with Crippen molar-refractivity contribution in [2.24, 2.45) is 11.8 Å². The molecule has 0 saturated heterocycles. The quantitative estimate of drug-likeness (QED) is 0.145. The molecule has 2 heterocycles. The second kappa shape index (κ2) is 15.8. The molecular weight excluding hydrogens is 561 g/mol. The fraction of sp³-hybridized carbons (Fsp3) is 0.500. The zero-order valence-corrected chi connectivity index (χ0v) is 28.3. The Bertz CT molecular complexity index is 1390. The third kappa shape index (κ3) is 8.54. The van der Waals surface area contributed by atoms with E-state index >= 15 is 0 Å². The van der Waals surface area contributed by atoms with Gasteiger partial charge in [-0.05, 0) is 86.5 Å². The Labute approximate surface area is 269 Å². The van der Waals surface area contributed by atoms with Gasteiger partial charge in [0, 0.05) is 31.4 Å². The molecule has 0 amide bonds. The molecule has 4 aromatic rings. The van der Waals surface area contributed by atoms with Crippen molar-refractivity contribution in [3.8, 4) is 0 Å². The molecule has 1 aliphatic rings. The van der Waals surface area contributed by atoms with E-state index in [1.54, 1.807) is 4.88 Å². The molecule has 1 N–H and O–H groups in total. The molecule has 0 spiro atoms. The van der Waals surface area contributed by atoms with Crippen LogP contribution in [0.25, 0.3) is 0 Å². The van der Waals surface area contributed by atoms with Gasteiger partial charge in [0.05, 0.1) is 11.7 Å². The zero-order chi connectivity index (χ0) is 30.9. The number of benzene rings is 2. The van der Waals surface area contributed by atoms with Crippen molar-refractivity contribution in [1.82, 2.24) is 9.88 Å². The van der Waals surface area contributed by atoms with Crippen LogP contribution in [0.4, 0.5) is 11.6 Å². The number of aromatic nitrogens is 1. The first kappa shape index (κ1) is 32.3. The maximum atomic E-state index is 6.74. The predicted octanol–water partition coefficient (Wildman–Crippen LogP) is 9.26. The van der Waals surface area contributed by atoms with Crippen LogP contribution < -0.4 is 10.2 Å². The monoisotopic (exact) mass is 612 g/mol. The van der Waals surface area contributed by atoms with Gasteiger partial charge in [0.25, 0.3) is 0 Å². The Morgan fingerprint density at radius 2 is 1.52 bits per heavy atom. The van der Waals surface area contributed by atoms with E-state index in [0.717, 1.165) is 55.7 Å². The summed E-state index contributed by atoms with van der Waals surface area (Å²) in [5, 5.41) is 5.97. The summed E-state index contributed by atoms with van der Waals surface area (Å²) in [6, 6.07) is 24.0. The van der Waals surface area contributed by atoms with Crippen molar-refractivity contribution in [2.45, 2.75) is 84.2 Å². The lowest BCUT2D eigenvalue weighted by molar-refractivity contribution is 0.137. The average Bonchev–Trinajstić information content (AvgIpc) is 3.66. The fourth-order valence-corrected chi connectivity index (χ4v) is 8.05. The van der Waals surface area contributed by atoms with E-state index in [1.807, 2.05) is 11.3 Å². The van der Waals surface area contributed by atoms with Crippen LogP contribution in [0.2, 0.25) is 0 Å². The summed E-state index contributed by atoms with van der Waals surface area (Å²) in [7, 11) is 4.32. The molecule has 2 unspecified atom stereocenters. The lowest BCUT2D eigenvalue weighted by Crippen LogP contribution is -2.31. The van der Waals surface area contributed by atoms with Gasteiger partial charge in [0.15, 0.2) is 0 Å². The second-order valence-corrected chi connectivity index (χ2v) is 13.9. The zero-order valence-electron chi connectivity index (χ0n) is 27.5. The van der Waals surface area contributed by atoms with E-state index in [0.29, 0.717) is 5.92 Å².